The molecule has 22 heavy (non-hydrogen) atoms. The molecule has 7 heteroatoms. The molecule has 2 aliphatic heterocycles. The quantitative estimate of drug-likeness (QED) is 0.842. The highest BCUT2D eigenvalue weighted by atomic mass is 32.2. The van der Waals surface area contributed by atoms with Gasteiger partial charge in [0.15, 0.2) is 0 Å². The fourth-order valence-electron chi connectivity index (χ4n) is 3.01. The van der Waals surface area contributed by atoms with E-state index in [1.807, 2.05) is 16.7 Å². The highest BCUT2D eigenvalue weighted by Gasteiger charge is 2.27. The summed E-state index contributed by atoms with van der Waals surface area (Å²) in [5.74, 6) is 2.32. The number of pyridine rings is 1. The monoisotopic (exact) mass is 323 g/mol. The molecule has 0 saturated carbocycles. The third-order valence-corrected chi connectivity index (χ3v) is 5.11. The minimum absolute atomic E-state index is 0.0113. The van der Waals surface area contributed by atoms with E-state index in [0.717, 1.165) is 43.4 Å². The third kappa shape index (κ3) is 2.87. The van der Waals surface area contributed by atoms with E-state index in [9.17, 15) is 9.59 Å². The third-order valence-electron chi connectivity index (χ3n) is 4.16. The van der Waals surface area contributed by atoms with Gasteiger partial charge >= 0.3 is 0 Å². The van der Waals surface area contributed by atoms with Gasteiger partial charge in [-0.1, -0.05) is 0 Å². The van der Waals surface area contributed by atoms with Gasteiger partial charge in [0.2, 0.25) is 0 Å². The lowest BCUT2D eigenvalue weighted by molar-refractivity contribution is 0.0766. The summed E-state index contributed by atoms with van der Waals surface area (Å²) in [6.07, 6.45) is 0.663. The van der Waals surface area contributed by atoms with Gasteiger partial charge in [-0.05, 0) is 0 Å². The average Bonchev–Trinajstić information content (AvgIpc) is 2.81. The smallest absolute Gasteiger partial charge is 0.259 e. The van der Waals surface area contributed by atoms with Crippen molar-refractivity contribution in [3.05, 3.63) is 27.7 Å². The first kappa shape index (κ1) is 15.4. The fourth-order valence-corrected chi connectivity index (χ4v) is 3.92. The number of hydrogen-bond donors (Lipinski definition) is 1. The van der Waals surface area contributed by atoms with Gasteiger partial charge in [-0.15, -0.1) is 0 Å². The molecule has 1 amide bonds. The Kier molecular flexibility index (Phi) is 4.73. The molecule has 1 aromatic rings. The van der Waals surface area contributed by atoms with Crippen molar-refractivity contribution >= 4 is 17.7 Å². The molecule has 6 nitrogen and oxygen atoms in total. The van der Waals surface area contributed by atoms with Gasteiger partial charge in [0.1, 0.15) is 11.3 Å². The van der Waals surface area contributed by atoms with Crippen LogP contribution in [-0.4, -0.2) is 60.2 Å². The minimum Gasteiger partial charge on any atom is -0.496 e. The first-order chi connectivity index (χ1) is 10.7. The van der Waals surface area contributed by atoms with Crippen molar-refractivity contribution in [2.24, 2.45) is 0 Å². The standard InChI is InChI=1S/C15H21N3O3S/c1-21-12-10-13(19)18-5-4-16-3-2-11(18)14(12)15(20)17-6-8-22-9-7-17/h10,16H,2-9H2,1H3. The zero-order valence-corrected chi connectivity index (χ0v) is 13.6. The molecule has 0 aromatic carbocycles. The summed E-state index contributed by atoms with van der Waals surface area (Å²) in [6.45, 7) is 3.61. The molecule has 1 N–H and O–H groups in total. The van der Waals surface area contributed by atoms with Gasteiger partial charge in [-0.25, -0.2) is 0 Å². The Balaban J connectivity index is 2.08. The van der Waals surface area contributed by atoms with E-state index in [2.05, 4.69) is 5.32 Å². The van der Waals surface area contributed by atoms with E-state index in [-0.39, 0.29) is 11.5 Å². The van der Waals surface area contributed by atoms with Gasteiger partial charge in [-0.2, -0.15) is 11.8 Å². The number of hydrogen-bond acceptors (Lipinski definition) is 5. The number of ether oxygens (including phenoxy) is 1. The van der Waals surface area contributed by atoms with E-state index < -0.39 is 0 Å². The van der Waals surface area contributed by atoms with Crippen LogP contribution >= 0.6 is 11.8 Å². The number of nitrogens with zero attached hydrogens (tertiary/aromatic N) is 2. The van der Waals surface area contributed by atoms with E-state index in [1.54, 1.807) is 4.57 Å². The van der Waals surface area contributed by atoms with Gasteiger partial charge in [0, 0.05) is 62.4 Å². The summed E-state index contributed by atoms with van der Waals surface area (Å²) in [6, 6.07) is 1.45. The molecule has 0 radical (unpaired) electrons. The lowest BCUT2D eigenvalue weighted by atomic mass is 10.1. The number of methoxy groups -OCH3 is 1. The molecule has 0 bridgehead atoms. The molecule has 1 fully saturated rings. The summed E-state index contributed by atoms with van der Waals surface area (Å²) in [5.41, 5.74) is 1.27. The molecule has 120 valence electrons. The maximum atomic E-state index is 13.0. The molecule has 0 spiro atoms. The number of rotatable bonds is 2. The van der Waals surface area contributed by atoms with Crippen molar-refractivity contribution in [2.45, 2.75) is 13.0 Å². The van der Waals surface area contributed by atoms with Crippen LogP contribution < -0.4 is 15.6 Å². The molecule has 0 unspecified atom stereocenters. The summed E-state index contributed by atoms with van der Waals surface area (Å²) < 4.78 is 7.08. The predicted octanol–water partition coefficient (Wildman–Crippen LogP) is 0.192. The molecule has 3 rings (SSSR count). The first-order valence-electron chi connectivity index (χ1n) is 7.61. The van der Waals surface area contributed by atoms with Crippen LogP contribution in [0.1, 0.15) is 16.1 Å². The SMILES string of the molecule is COc1cc(=O)n2c(c1C(=O)N1CCSCC1)CCNCC2. The second-order valence-electron chi connectivity index (χ2n) is 5.43. The molecule has 3 heterocycles. The second-order valence-corrected chi connectivity index (χ2v) is 6.65. The summed E-state index contributed by atoms with van der Waals surface area (Å²) in [7, 11) is 1.52. The Morgan fingerprint density at radius 2 is 2.05 bits per heavy atom. The summed E-state index contributed by atoms with van der Waals surface area (Å²) in [5, 5.41) is 3.28. The van der Waals surface area contributed by atoms with E-state index >= 15 is 0 Å². The number of thioether (sulfide) groups is 1. The molecular formula is C15H21N3O3S. The van der Waals surface area contributed by atoms with Crippen molar-refractivity contribution in [2.75, 3.05) is 44.8 Å². The first-order valence-corrected chi connectivity index (χ1v) is 8.76. The Hall–Kier alpha value is -1.47. The molecule has 2 aliphatic rings. The highest BCUT2D eigenvalue weighted by Crippen LogP contribution is 2.24. The lowest BCUT2D eigenvalue weighted by Crippen LogP contribution is -2.39. The Morgan fingerprint density at radius 3 is 2.77 bits per heavy atom. The van der Waals surface area contributed by atoms with Crippen LogP contribution in [0.5, 0.6) is 5.75 Å². The highest BCUT2D eigenvalue weighted by molar-refractivity contribution is 7.99. The minimum atomic E-state index is -0.0960. The lowest BCUT2D eigenvalue weighted by Gasteiger charge is -2.28. The van der Waals surface area contributed by atoms with Gasteiger partial charge < -0.3 is 19.5 Å². The van der Waals surface area contributed by atoms with Crippen molar-refractivity contribution in [1.82, 2.24) is 14.8 Å². The molecule has 0 aliphatic carbocycles. The molecular weight excluding hydrogens is 302 g/mol. The second kappa shape index (κ2) is 6.75. The van der Waals surface area contributed by atoms with Gasteiger partial charge in [0.05, 0.1) is 7.11 Å². The van der Waals surface area contributed by atoms with Crippen LogP contribution in [-0.2, 0) is 13.0 Å². The van der Waals surface area contributed by atoms with Crippen molar-refractivity contribution in [1.29, 1.82) is 0 Å². The van der Waals surface area contributed by atoms with Crippen molar-refractivity contribution in [3.63, 3.8) is 0 Å². The predicted molar refractivity (Wildman–Crippen MR) is 87.1 cm³/mol. The number of amides is 1. The molecule has 1 saturated heterocycles. The van der Waals surface area contributed by atoms with Gasteiger partial charge in [-0.3, -0.25) is 9.59 Å². The fraction of sp³-hybridized carbons (Fsp3) is 0.600. The Labute approximate surface area is 133 Å². The van der Waals surface area contributed by atoms with E-state index in [4.69, 9.17) is 4.74 Å². The van der Waals surface area contributed by atoms with Crippen LogP contribution in [0, 0.1) is 0 Å². The number of carbonyl (C=O) groups is 1. The zero-order valence-electron chi connectivity index (χ0n) is 12.8. The number of nitrogens with one attached hydrogen (secondary N) is 1. The van der Waals surface area contributed by atoms with Crippen molar-refractivity contribution < 1.29 is 9.53 Å². The molecule has 0 atom stereocenters. The number of aromatic nitrogens is 1. The maximum Gasteiger partial charge on any atom is 0.259 e. The van der Waals surface area contributed by atoms with Gasteiger partial charge in [0.25, 0.3) is 11.5 Å². The maximum absolute atomic E-state index is 13.0. The average molecular weight is 323 g/mol. The number of fused-ring (bicyclic) bond motifs is 1. The number of carbonyl (C=O) groups excluding carboxylic acids is 1. The van der Waals surface area contributed by atoms with Crippen molar-refractivity contribution in [3.8, 4) is 5.75 Å². The van der Waals surface area contributed by atoms with Crippen LogP contribution in [0.4, 0.5) is 0 Å². The largest absolute Gasteiger partial charge is 0.496 e. The van der Waals surface area contributed by atoms with Crippen LogP contribution in [0.2, 0.25) is 0 Å². The summed E-state index contributed by atoms with van der Waals surface area (Å²) in [4.78, 5) is 27.1. The zero-order chi connectivity index (χ0) is 15.5. The van der Waals surface area contributed by atoms with Crippen LogP contribution in [0.3, 0.4) is 0 Å². The van der Waals surface area contributed by atoms with E-state index in [0.29, 0.717) is 24.3 Å². The topological polar surface area (TPSA) is 63.6 Å². The summed E-state index contributed by atoms with van der Waals surface area (Å²) >= 11 is 1.87. The van der Waals surface area contributed by atoms with Crippen LogP contribution in [0.15, 0.2) is 10.9 Å². The van der Waals surface area contributed by atoms with Crippen LogP contribution in [0.25, 0.3) is 0 Å². The normalized spacial score (nSPS) is 18.5. The Morgan fingerprint density at radius 1 is 1.27 bits per heavy atom. The van der Waals surface area contributed by atoms with E-state index in [1.165, 1.54) is 13.2 Å². The Bertz CT molecular complexity index is 623. The molecule has 1 aromatic heterocycles.